The Bertz CT molecular complexity index is 663. The smallest absolute Gasteiger partial charge is 0.321 e. The van der Waals surface area contributed by atoms with E-state index < -0.39 is 24.0 Å². The Morgan fingerprint density at radius 3 is 2.54 bits per heavy atom. The molecule has 0 unspecified atom stereocenters. The number of urea groups is 1. The van der Waals surface area contributed by atoms with Crippen LogP contribution in [0.1, 0.15) is 51.9 Å². The zero-order valence-electron chi connectivity index (χ0n) is 16.0. The molecule has 1 aromatic carbocycles. The Morgan fingerprint density at radius 1 is 1.18 bits per heavy atom. The second kappa shape index (κ2) is 12.0. The summed E-state index contributed by atoms with van der Waals surface area (Å²) in [6.07, 6.45) is 5.06. The van der Waals surface area contributed by atoms with E-state index >= 15 is 0 Å². The minimum absolute atomic E-state index is 0.109. The van der Waals surface area contributed by atoms with Gasteiger partial charge >= 0.3 is 12.0 Å². The van der Waals surface area contributed by atoms with Crippen LogP contribution in [-0.4, -0.2) is 35.8 Å². The summed E-state index contributed by atoms with van der Waals surface area (Å²) in [5.41, 5.74) is 0. The van der Waals surface area contributed by atoms with Crippen LogP contribution in [0.3, 0.4) is 0 Å². The fourth-order valence-corrected chi connectivity index (χ4v) is 3.91. The zero-order chi connectivity index (χ0) is 20.4. The molecule has 2 rings (SSSR count). The number of imide groups is 1. The number of thioether (sulfide) groups is 1. The van der Waals surface area contributed by atoms with E-state index in [0.717, 1.165) is 36.3 Å². The number of halogens is 1. The highest BCUT2D eigenvalue weighted by Gasteiger charge is 2.22. The van der Waals surface area contributed by atoms with Gasteiger partial charge in [-0.2, -0.15) is 0 Å². The lowest BCUT2D eigenvalue weighted by Gasteiger charge is -2.23. The quantitative estimate of drug-likeness (QED) is 0.367. The van der Waals surface area contributed by atoms with Gasteiger partial charge < -0.3 is 10.1 Å². The first kappa shape index (κ1) is 22.6. The van der Waals surface area contributed by atoms with Gasteiger partial charge in [-0.15, -0.1) is 11.8 Å². The van der Waals surface area contributed by atoms with Crippen LogP contribution in [0.5, 0.6) is 0 Å². The molecule has 0 bridgehead atoms. The SMILES string of the molecule is C[C@H](OC(=O)CCCSc1ccc(Cl)cc1)C(=O)NC(=O)NC1CCCCC1. The Balaban J connectivity index is 1.60. The van der Waals surface area contributed by atoms with E-state index in [9.17, 15) is 14.4 Å². The van der Waals surface area contributed by atoms with E-state index in [1.807, 2.05) is 24.3 Å². The molecule has 1 aromatic rings. The molecule has 1 fully saturated rings. The maximum absolute atomic E-state index is 12.0. The molecule has 0 aliphatic heterocycles. The molecule has 0 aromatic heterocycles. The summed E-state index contributed by atoms with van der Waals surface area (Å²) in [6.45, 7) is 1.46. The fourth-order valence-electron chi connectivity index (χ4n) is 2.93. The van der Waals surface area contributed by atoms with E-state index in [2.05, 4.69) is 10.6 Å². The molecular weight excluding hydrogens is 400 g/mol. The number of benzene rings is 1. The summed E-state index contributed by atoms with van der Waals surface area (Å²) in [5, 5.41) is 5.73. The van der Waals surface area contributed by atoms with Crippen LogP contribution in [0, 0.1) is 0 Å². The van der Waals surface area contributed by atoms with Crippen molar-refractivity contribution in [3.63, 3.8) is 0 Å². The van der Waals surface area contributed by atoms with Crippen molar-refractivity contribution in [2.24, 2.45) is 0 Å². The van der Waals surface area contributed by atoms with Gasteiger partial charge in [-0.05, 0) is 56.2 Å². The van der Waals surface area contributed by atoms with E-state index in [1.165, 1.54) is 13.3 Å². The first-order chi connectivity index (χ1) is 13.4. The number of ether oxygens (including phenoxy) is 1. The molecule has 28 heavy (non-hydrogen) atoms. The number of hydrogen-bond acceptors (Lipinski definition) is 5. The number of amides is 3. The van der Waals surface area contributed by atoms with E-state index in [4.69, 9.17) is 16.3 Å². The standard InChI is InChI=1S/C20H27ClN2O4S/c1-14(19(25)23-20(26)22-16-6-3-2-4-7-16)27-18(24)8-5-13-28-17-11-9-15(21)10-12-17/h9-12,14,16H,2-8,13H2,1H3,(H2,22,23,25,26)/t14-/m0/s1. The summed E-state index contributed by atoms with van der Waals surface area (Å²) in [6, 6.07) is 7.08. The third kappa shape index (κ3) is 8.52. The third-order valence-corrected chi connectivity index (χ3v) is 5.81. The first-order valence-corrected chi connectivity index (χ1v) is 11.0. The molecule has 154 valence electrons. The molecule has 0 spiro atoms. The Morgan fingerprint density at radius 2 is 1.86 bits per heavy atom. The Labute approximate surface area is 175 Å². The van der Waals surface area contributed by atoms with Crippen molar-refractivity contribution in [2.75, 3.05) is 5.75 Å². The first-order valence-electron chi connectivity index (χ1n) is 9.63. The molecule has 0 saturated heterocycles. The van der Waals surface area contributed by atoms with Crippen molar-refractivity contribution in [3.8, 4) is 0 Å². The van der Waals surface area contributed by atoms with Gasteiger partial charge in [0.05, 0.1) is 0 Å². The summed E-state index contributed by atoms with van der Waals surface area (Å²) in [7, 11) is 0. The van der Waals surface area contributed by atoms with Crippen molar-refractivity contribution >= 4 is 41.3 Å². The zero-order valence-corrected chi connectivity index (χ0v) is 17.6. The van der Waals surface area contributed by atoms with Gasteiger partial charge in [0.1, 0.15) is 0 Å². The molecule has 3 amide bonds. The summed E-state index contributed by atoms with van der Waals surface area (Å²) < 4.78 is 5.11. The number of rotatable bonds is 8. The molecule has 1 atom stereocenters. The lowest BCUT2D eigenvalue weighted by molar-refractivity contribution is -0.154. The second-order valence-electron chi connectivity index (χ2n) is 6.84. The van der Waals surface area contributed by atoms with Gasteiger partial charge in [0, 0.05) is 22.4 Å². The Hall–Kier alpha value is -1.73. The molecule has 2 N–H and O–H groups in total. The average Bonchev–Trinajstić information content (AvgIpc) is 2.67. The number of nitrogens with one attached hydrogen (secondary N) is 2. The maximum Gasteiger partial charge on any atom is 0.321 e. The molecule has 8 heteroatoms. The molecule has 1 saturated carbocycles. The van der Waals surface area contributed by atoms with Crippen molar-refractivity contribution in [2.45, 2.75) is 68.9 Å². The normalized spacial score (nSPS) is 15.5. The monoisotopic (exact) mass is 426 g/mol. The van der Waals surface area contributed by atoms with Crippen LogP contribution < -0.4 is 10.6 Å². The van der Waals surface area contributed by atoms with Crippen LogP contribution in [0.25, 0.3) is 0 Å². The summed E-state index contributed by atoms with van der Waals surface area (Å²) in [4.78, 5) is 36.9. The highest BCUT2D eigenvalue weighted by molar-refractivity contribution is 7.99. The molecule has 6 nitrogen and oxygen atoms in total. The average molecular weight is 427 g/mol. The van der Waals surface area contributed by atoms with Crippen LogP contribution in [0.4, 0.5) is 4.79 Å². The van der Waals surface area contributed by atoms with Crippen molar-refractivity contribution in [1.29, 1.82) is 0 Å². The van der Waals surface area contributed by atoms with E-state index in [1.54, 1.807) is 11.8 Å². The van der Waals surface area contributed by atoms with Crippen LogP contribution >= 0.6 is 23.4 Å². The predicted molar refractivity (Wildman–Crippen MR) is 111 cm³/mol. The largest absolute Gasteiger partial charge is 0.453 e. The van der Waals surface area contributed by atoms with Crippen molar-refractivity contribution < 1.29 is 19.1 Å². The lowest BCUT2D eigenvalue weighted by Crippen LogP contribution is -2.48. The number of carbonyl (C=O) groups excluding carboxylic acids is 3. The molecule has 1 aliphatic carbocycles. The second-order valence-corrected chi connectivity index (χ2v) is 8.44. The summed E-state index contributed by atoms with van der Waals surface area (Å²) in [5.74, 6) is -0.314. The van der Waals surface area contributed by atoms with Gasteiger partial charge in [0.15, 0.2) is 6.10 Å². The van der Waals surface area contributed by atoms with Gasteiger partial charge in [-0.25, -0.2) is 4.79 Å². The van der Waals surface area contributed by atoms with E-state index in [-0.39, 0.29) is 12.5 Å². The maximum atomic E-state index is 12.0. The predicted octanol–water partition coefficient (Wildman–Crippen LogP) is 4.30. The Kier molecular flexibility index (Phi) is 9.64. The highest BCUT2D eigenvalue weighted by atomic mass is 35.5. The minimum Gasteiger partial charge on any atom is -0.453 e. The minimum atomic E-state index is -1.01. The highest BCUT2D eigenvalue weighted by Crippen LogP contribution is 2.21. The van der Waals surface area contributed by atoms with Gasteiger partial charge in [0.25, 0.3) is 5.91 Å². The number of carbonyl (C=O) groups is 3. The molecule has 0 heterocycles. The van der Waals surface area contributed by atoms with Crippen LogP contribution in [0.15, 0.2) is 29.2 Å². The fraction of sp³-hybridized carbons (Fsp3) is 0.550. The van der Waals surface area contributed by atoms with E-state index in [0.29, 0.717) is 11.4 Å². The third-order valence-electron chi connectivity index (χ3n) is 4.46. The number of hydrogen-bond donors (Lipinski definition) is 2. The van der Waals surface area contributed by atoms with Crippen LogP contribution in [-0.2, 0) is 14.3 Å². The van der Waals surface area contributed by atoms with Gasteiger partial charge in [0.2, 0.25) is 0 Å². The molecular formula is C20H27ClN2O4S. The topological polar surface area (TPSA) is 84.5 Å². The molecule has 0 radical (unpaired) electrons. The van der Waals surface area contributed by atoms with Crippen LogP contribution in [0.2, 0.25) is 5.02 Å². The lowest BCUT2D eigenvalue weighted by atomic mass is 9.96. The van der Waals surface area contributed by atoms with Crippen molar-refractivity contribution in [3.05, 3.63) is 29.3 Å². The number of esters is 1. The van der Waals surface area contributed by atoms with Gasteiger partial charge in [-0.3, -0.25) is 14.9 Å². The molecule has 1 aliphatic rings. The van der Waals surface area contributed by atoms with Gasteiger partial charge in [-0.1, -0.05) is 30.9 Å². The van der Waals surface area contributed by atoms with Crippen molar-refractivity contribution in [1.82, 2.24) is 10.6 Å². The summed E-state index contributed by atoms with van der Waals surface area (Å²) >= 11 is 7.46.